The number of hydrogen-bond donors (Lipinski definition) is 1. The van der Waals surface area contributed by atoms with Gasteiger partial charge in [-0.05, 0) is 42.4 Å². The lowest BCUT2D eigenvalue weighted by Crippen LogP contribution is -2.36. The van der Waals surface area contributed by atoms with E-state index in [0.29, 0.717) is 18.4 Å². The Morgan fingerprint density at radius 1 is 1.17 bits per heavy atom. The molecule has 1 N–H and O–H groups in total. The molecule has 24 heavy (non-hydrogen) atoms. The van der Waals surface area contributed by atoms with Crippen LogP contribution in [0.15, 0.2) is 24.3 Å². The van der Waals surface area contributed by atoms with E-state index in [9.17, 15) is 14.4 Å². The Labute approximate surface area is 142 Å². The van der Waals surface area contributed by atoms with Crippen LogP contribution in [0.2, 0.25) is 0 Å². The number of esters is 1. The molecule has 1 aliphatic rings. The van der Waals surface area contributed by atoms with E-state index in [-0.39, 0.29) is 23.7 Å². The first-order valence-corrected chi connectivity index (χ1v) is 8.38. The number of carbonyl (C=O) groups is 3. The number of nitrogens with one attached hydrogen (secondary N) is 1. The molecule has 0 aliphatic heterocycles. The molecule has 1 fully saturated rings. The summed E-state index contributed by atoms with van der Waals surface area (Å²) in [6.07, 6.45) is 2.14. The molecule has 0 heterocycles. The molecule has 0 bridgehead atoms. The molecule has 1 aromatic carbocycles. The number of benzene rings is 1. The third kappa shape index (κ3) is 4.91. The van der Waals surface area contributed by atoms with Crippen molar-refractivity contribution < 1.29 is 19.1 Å². The van der Waals surface area contributed by atoms with Crippen molar-refractivity contribution in [3.05, 3.63) is 35.4 Å². The van der Waals surface area contributed by atoms with E-state index in [0.717, 1.165) is 18.4 Å². The molecule has 1 amide bonds. The molecular weight excluding hydrogens is 306 g/mol. The summed E-state index contributed by atoms with van der Waals surface area (Å²) in [7, 11) is 0. The summed E-state index contributed by atoms with van der Waals surface area (Å²) in [6.45, 7) is 6.07. The number of amides is 1. The highest BCUT2D eigenvalue weighted by molar-refractivity contribution is 5.96. The van der Waals surface area contributed by atoms with E-state index in [2.05, 4.69) is 26.1 Å². The first kappa shape index (κ1) is 18.2. The Morgan fingerprint density at radius 2 is 1.83 bits per heavy atom. The van der Waals surface area contributed by atoms with Crippen molar-refractivity contribution in [1.82, 2.24) is 5.32 Å². The van der Waals surface area contributed by atoms with Gasteiger partial charge in [-0.15, -0.1) is 0 Å². The zero-order chi connectivity index (χ0) is 17.7. The molecular formula is C19H25NO4. The third-order valence-electron chi connectivity index (χ3n) is 4.18. The number of carbonyl (C=O) groups excluding carboxylic acids is 3. The first-order chi connectivity index (χ1) is 11.3. The van der Waals surface area contributed by atoms with Crippen LogP contribution in [-0.4, -0.2) is 30.3 Å². The van der Waals surface area contributed by atoms with Crippen LogP contribution in [0.3, 0.4) is 0 Å². The van der Waals surface area contributed by atoms with Crippen molar-refractivity contribution in [3.8, 4) is 0 Å². The second-order valence-corrected chi connectivity index (χ2v) is 7.20. The molecule has 0 aromatic heterocycles. The van der Waals surface area contributed by atoms with Gasteiger partial charge >= 0.3 is 5.97 Å². The monoisotopic (exact) mass is 331 g/mol. The Kier molecular flexibility index (Phi) is 5.75. The average molecular weight is 331 g/mol. The fourth-order valence-corrected chi connectivity index (χ4v) is 2.65. The molecule has 1 saturated carbocycles. The van der Waals surface area contributed by atoms with Gasteiger partial charge in [-0.1, -0.05) is 32.9 Å². The number of Topliss-reactive ketones (excluding diaryl/α,β-unsaturated/α-hetero) is 1. The van der Waals surface area contributed by atoms with Gasteiger partial charge in [0.2, 0.25) is 0 Å². The summed E-state index contributed by atoms with van der Waals surface area (Å²) in [6, 6.07) is 7.31. The summed E-state index contributed by atoms with van der Waals surface area (Å²) in [5, 5.41) is 2.54. The average Bonchev–Trinajstić information content (AvgIpc) is 2.54. The van der Waals surface area contributed by atoms with Gasteiger partial charge in [-0.3, -0.25) is 14.4 Å². The zero-order valence-corrected chi connectivity index (χ0v) is 14.6. The topological polar surface area (TPSA) is 72.5 Å². The molecule has 130 valence electrons. The summed E-state index contributed by atoms with van der Waals surface area (Å²) in [4.78, 5) is 35.5. The molecule has 0 radical (unpaired) electrons. The predicted octanol–water partition coefficient (Wildman–Crippen LogP) is 2.77. The second-order valence-electron chi connectivity index (χ2n) is 7.20. The van der Waals surface area contributed by atoms with Gasteiger partial charge in [-0.25, -0.2) is 0 Å². The molecule has 0 spiro atoms. The van der Waals surface area contributed by atoms with Crippen LogP contribution in [0, 0.1) is 0 Å². The molecule has 1 atom stereocenters. The predicted molar refractivity (Wildman–Crippen MR) is 90.8 cm³/mol. The van der Waals surface area contributed by atoms with Crippen molar-refractivity contribution in [3.63, 3.8) is 0 Å². The van der Waals surface area contributed by atoms with Crippen LogP contribution in [-0.2, 0) is 19.7 Å². The van der Waals surface area contributed by atoms with Gasteiger partial charge in [0, 0.05) is 12.0 Å². The number of rotatable bonds is 4. The lowest BCUT2D eigenvalue weighted by atomic mass is 9.87. The van der Waals surface area contributed by atoms with Crippen LogP contribution >= 0.6 is 0 Å². The van der Waals surface area contributed by atoms with E-state index in [1.807, 2.05) is 12.1 Å². The van der Waals surface area contributed by atoms with Gasteiger partial charge < -0.3 is 10.1 Å². The SMILES string of the molecule is CC(C)(C)c1ccc(C(=O)NCC(=O)O[C@H]2CCCCC2=O)cc1. The minimum absolute atomic E-state index is 0.0192. The molecule has 5 heteroatoms. The summed E-state index contributed by atoms with van der Waals surface area (Å²) >= 11 is 0. The Bertz CT molecular complexity index is 613. The number of ketones is 1. The van der Waals surface area contributed by atoms with Crippen molar-refractivity contribution in [1.29, 1.82) is 0 Å². The van der Waals surface area contributed by atoms with E-state index >= 15 is 0 Å². The highest BCUT2D eigenvalue weighted by Crippen LogP contribution is 2.22. The molecule has 0 saturated heterocycles. The van der Waals surface area contributed by atoms with Crippen LogP contribution in [0.25, 0.3) is 0 Å². The zero-order valence-electron chi connectivity index (χ0n) is 14.6. The van der Waals surface area contributed by atoms with Gasteiger partial charge in [0.1, 0.15) is 6.54 Å². The smallest absolute Gasteiger partial charge is 0.326 e. The molecule has 2 rings (SSSR count). The standard InChI is InChI=1S/C19H25NO4/c1-19(2,3)14-10-8-13(9-11-14)18(23)20-12-17(22)24-16-7-5-4-6-15(16)21/h8-11,16H,4-7,12H2,1-3H3,(H,20,23)/t16-/m0/s1. The van der Waals surface area contributed by atoms with E-state index in [1.165, 1.54) is 0 Å². The number of hydrogen-bond acceptors (Lipinski definition) is 4. The highest BCUT2D eigenvalue weighted by atomic mass is 16.5. The van der Waals surface area contributed by atoms with E-state index < -0.39 is 12.1 Å². The number of ether oxygens (including phenoxy) is 1. The summed E-state index contributed by atoms with van der Waals surface area (Å²) in [5.74, 6) is -0.934. The van der Waals surface area contributed by atoms with Crippen LogP contribution in [0.4, 0.5) is 0 Å². The van der Waals surface area contributed by atoms with Gasteiger partial charge in [0.15, 0.2) is 11.9 Å². The van der Waals surface area contributed by atoms with Crippen molar-refractivity contribution >= 4 is 17.7 Å². The Balaban J connectivity index is 1.84. The normalized spacial score (nSPS) is 18.1. The summed E-state index contributed by atoms with van der Waals surface area (Å²) in [5.41, 5.74) is 1.64. The van der Waals surface area contributed by atoms with Crippen molar-refractivity contribution in [2.24, 2.45) is 0 Å². The van der Waals surface area contributed by atoms with Gasteiger partial charge in [0.05, 0.1) is 0 Å². The maximum Gasteiger partial charge on any atom is 0.326 e. The van der Waals surface area contributed by atoms with Gasteiger partial charge in [0.25, 0.3) is 5.91 Å². The van der Waals surface area contributed by atoms with Gasteiger partial charge in [-0.2, -0.15) is 0 Å². The van der Waals surface area contributed by atoms with Crippen molar-refractivity contribution in [2.75, 3.05) is 6.54 Å². The minimum Gasteiger partial charge on any atom is -0.453 e. The van der Waals surface area contributed by atoms with Crippen LogP contribution in [0.5, 0.6) is 0 Å². The van der Waals surface area contributed by atoms with Crippen LogP contribution < -0.4 is 5.32 Å². The molecule has 0 unspecified atom stereocenters. The largest absolute Gasteiger partial charge is 0.453 e. The maximum absolute atomic E-state index is 12.1. The molecule has 1 aromatic rings. The Morgan fingerprint density at radius 3 is 2.42 bits per heavy atom. The lowest BCUT2D eigenvalue weighted by Gasteiger charge is -2.20. The van der Waals surface area contributed by atoms with E-state index in [4.69, 9.17) is 4.74 Å². The fraction of sp³-hybridized carbons (Fsp3) is 0.526. The van der Waals surface area contributed by atoms with Crippen LogP contribution in [0.1, 0.15) is 62.4 Å². The highest BCUT2D eigenvalue weighted by Gasteiger charge is 2.25. The second kappa shape index (κ2) is 7.60. The maximum atomic E-state index is 12.1. The Hall–Kier alpha value is -2.17. The third-order valence-corrected chi connectivity index (χ3v) is 4.18. The molecule has 5 nitrogen and oxygen atoms in total. The molecule has 1 aliphatic carbocycles. The first-order valence-electron chi connectivity index (χ1n) is 8.38. The quantitative estimate of drug-likeness (QED) is 0.861. The fourth-order valence-electron chi connectivity index (χ4n) is 2.65. The van der Waals surface area contributed by atoms with E-state index in [1.54, 1.807) is 12.1 Å². The lowest BCUT2D eigenvalue weighted by molar-refractivity contribution is -0.155. The summed E-state index contributed by atoms with van der Waals surface area (Å²) < 4.78 is 5.15. The van der Waals surface area contributed by atoms with Crippen molar-refractivity contribution in [2.45, 2.75) is 58.0 Å². The minimum atomic E-state index is -0.644.